The number of amides is 1. The monoisotopic (exact) mass is 397 g/mol. The van der Waals surface area contributed by atoms with Crippen molar-refractivity contribution in [3.63, 3.8) is 0 Å². The topological polar surface area (TPSA) is 72.5 Å². The van der Waals surface area contributed by atoms with Gasteiger partial charge in [-0.1, -0.05) is 30.3 Å². The van der Waals surface area contributed by atoms with Crippen molar-refractivity contribution in [1.82, 2.24) is 0 Å². The molecule has 1 N–H and O–H groups in total. The Kier molecular flexibility index (Phi) is 5.42. The lowest BCUT2D eigenvalue weighted by molar-refractivity contribution is -0.117. The van der Waals surface area contributed by atoms with E-state index in [0.29, 0.717) is 5.69 Å². The normalized spacial score (nSPS) is 12.6. The predicted molar refractivity (Wildman–Crippen MR) is 112 cm³/mol. The third-order valence-corrected chi connectivity index (χ3v) is 5.97. The number of anilines is 1. The van der Waals surface area contributed by atoms with Crippen molar-refractivity contribution in [2.24, 2.45) is 0 Å². The fourth-order valence-electron chi connectivity index (χ4n) is 3.00. The first-order chi connectivity index (χ1) is 13.2. The molecule has 6 heteroatoms. The van der Waals surface area contributed by atoms with Gasteiger partial charge in [0.15, 0.2) is 9.84 Å². The summed E-state index contributed by atoms with van der Waals surface area (Å²) < 4.78 is 28.8. The minimum Gasteiger partial charge on any atom is -0.497 e. The third kappa shape index (κ3) is 4.17. The van der Waals surface area contributed by atoms with Gasteiger partial charge in [-0.25, -0.2) is 8.42 Å². The summed E-state index contributed by atoms with van der Waals surface area (Å²) in [4.78, 5) is 13.0. The SMILES string of the molecule is COc1ccc2cc(C(C)C(=O)Nc3cc(S(C)(=O)=O)ccc3C)ccc2c1. The zero-order valence-corrected chi connectivity index (χ0v) is 17.1. The van der Waals surface area contributed by atoms with Gasteiger partial charge in [0.25, 0.3) is 0 Å². The average molecular weight is 397 g/mol. The van der Waals surface area contributed by atoms with Crippen LogP contribution in [-0.2, 0) is 14.6 Å². The first kappa shape index (κ1) is 19.9. The Morgan fingerprint density at radius 1 is 1.00 bits per heavy atom. The molecule has 0 aliphatic carbocycles. The van der Waals surface area contributed by atoms with Crippen LogP contribution in [0, 0.1) is 6.92 Å². The molecule has 3 aromatic rings. The van der Waals surface area contributed by atoms with Crippen LogP contribution >= 0.6 is 0 Å². The van der Waals surface area contributed by atoms with Crippen molar-refractivity contribution >= 4 is 32.2 Å². The molecule has 1 unspecified atom stereocenters. The van der Waals surface area contributed by atoms with Crippen molar-refractivity contribution in [2.75, 3.05) is 18.7 Å². The number of benzene rings is 3. The number of carbonyl (C=O) groups is 1. The number of hydrogen-bond donors (Lipinski definition) is 1. The van der Waals surface area contributed by atoms with Crippen molar-refractivity contribution in [2.45, 2.75) is 24.7 Å². The summed E-state index contributed by atoms with van der Waals surface area (Å²) in [6, 6.07) is 16.4. The maximum Gasteiger partial charge on any atom is 0.231 e. The summed E-state index contributed by atoms with van der Waals surface area (Å²) in [5.41, 5.74) is 2.19. The molecule has 1 amide bonds. The smallest absolute Gasteiger partial charge is 0.231 e. The highest BCUT2D eigenvalue weighted by atomic mass is 32.2. The second kappa shape index (κ2) is 7.64. The second-order valence-electron chi connectivity index (χ2n) is 6.93. The first-order valence-electron chi connectivity index (χ1n) is 8.88. The summed E-state index contributed by atoms with van der Waals surface area (Å²) in [6.07, 6.45) is 1.15. The van der Waals surface area contributed by atoms with Crippen LogP contribution in [0.4, 0.5) is 5.69 Å². The number of carbonyl (C=O) groups excluding carboxylic acids is 1. The van der Waals surface area contributed by atoms with E-state index in [4.69, 9.17) is 4.74 Å². The third-order valence-electron chi connectivity index (χ3n) is 4.86. The van der Waals surface area contributed by atoms with E-state index in [9.17, 15) is 13.2 Å². The molecular weight excluding hydrogens is 374 g/mol. The maximum atomic E-state index is 12.8. The van der Waals surface area contributed by atoms with Crippen LogP contribution in [0.1, 0.15) is 24.0 Å². The molecule has 0 bridgehead atoms. The lowest BCUT2D eigenvalue weighted by Crippen LogP contribution is -2.19. The number of sulfone groups is 1. The predicted octanol–water partition coefficient (Wildman–Crippen LogP) is 4.30. The van der Waals surface area contributed by atoms with Crippen molar-refractivity contribution in [3.05, 3.63) is 65.7 Å². The molecule has 3 aromatic carbocycles. The van der Waals surface area contributed by atoms with Crippen molar-refractivity contribution in [3.8, 4) is 5.75 Å². The van der Waals surface area contributed by atoms with Crippen LogP contribution in [0.2, 0.25) is 0 Å². The van der Waals surface area contributed by atoms with Crippen LogP contribution < -0.4 is 10.1 Å². The number of nitrogens with one attached hydrogen (secondary N) is 1. The molecule has 0 spiro atoms. The van der Waals surface area contributed by atoms with Crippen LogP contribution in [0.25, 0.3) is 10.8 Å². The van der Waals surface area contributed by atoms with E-state index in [0.717, 1.165) is 33.9 Å². The lowest BCUT2D eigenvalue weighted by Gasteiger charge is -2.15. The number of ether oxygens (including phenoxy) is 1. The molecule has 0 saturated heterocycles. The summed E-state index contributed by atoms with van der Waals surface area (Å²) in [5.74, 6) is 0.196. The van der Waals surface area contributed by atoms with E-state index in [-0.39, 0.29) is 10.8 Å². The zero-order valence-electron chi connectivity index (χ0n) is 16.3. The largest absolute Gasteiger partial charge is 0.497 e. The molecule has 0 fully saturated rings. The van der Waals surface area contributed by atoms with Crippen LogP contribution in [0.15, 0.2) is 59.5 Å². The van der Waals surface area contributed by atoms with E-state index in [1.807, 2.05) is 50.2 Å². The highest BCUT2D eigenvalue weighted by Crippen LogP contribution is 2.27. The maximum absolute atomic E-state index is 12.8. The van der Waals surface area contributed by atoms with Crippen molar-refractivity contribution in [1.29, 1.82) is 0 Å². The molecule has 0 radical (unpaired) electrons. The van der Waals surface area contributed by atoms with Gasteiger partial charge in [-0.15, -0.1) is 0 Å². The van der Waals surface area contributed by atoms with Gasteiger partial charge in [0.1, 0.15) is 5.75 Å². The number of aryl methyl sites for hydroxylation is 1. The fourth-order valence-corrected chi connectivity index (χ4v) is 3.64. The summed E-state index contributed by atoms with van der Waals surface area (Å²) >= 11 is 0. The number of rotatable bonds is 5. The first-order valence-corrected chi connectivity index (χ1v) is 10.8. The van der Waals surface area contributed by atoms with E-state index in [1.165, 1.54) is 6.07 Å². The molecule has 0 aliphatic rings. The molecule has 3 rings (SSSR count). The van der Waals surface area contributed by atoms with Gasteiger partial charge >= 0.3 is 0 Å². The Morgan fingerprint density at radius 3 is 2.36 bits per heavy atom. The molecule has 0 saturated carbocycles. The Bertz CT molecular complexity index is 1150. The standard InChI is InChI=1S/C22H23NO4S/c1-14-5-10-20(28(4,25)26)13-21(14)23-22(24)15(2)16-6-7-18-12-19(27-3)9-8-17(18)11-16/h5-13,15H,1-4H3,(H,23,24). The molecule has 146 valence electrons. The highest BCUT2D eigenvalue weighted by Gasteiger charge is 2.18. The van der Waals surface area contributed by atoms with Gasteiger partial charge in [-0.3, -0.25) is 4.79 Å². The van der Waals surface area contributed by atoms with Crippen molar-refractivity contribution < 1.29 is 17.9 Å². The highest BCUT2D eigenvalue weighted by molar-refractivity contribution is 7.90. The molecule has 0 aliphatic heterocycles. The van der Waals surface area contributed by atoms with Gasteiger partial charge < -0.3 is 10.1 Å². The molecule has 0 heterocycles. The number of hydrogen-bond acceptors (Lipinski definition) is 4. The quantitative estimate of drug-likeness (QED) is 0.697. The number of methoxy groups -OCH3 is 1. The molecule has 1 atom stereocenters. The summed E-state index contributed by atoms with van der Waals surface area (Å²) in [5, 5.41) is 4.92. The van der Waals surface area contributed by atoms with Crippen LogP contribution in [0.5, 0.6) is 5.75 Å². The van der Waals surface area contributed by atoms with Gasteiger partial charge in [0, 0.05) is 11.9 Å². The molecular formula is C22H23NO4S. The molecule has 5 nitrogen and oxygen atoms in total. The average Bonchev–Trinajstić information content (AvgIpc) is 2.67. The van der Waals surface area contributed by atoms with Gasteiger partial charge in [0.05, 0.1) is 17.9 Å². The van der Waals surface area contributed by atoms with Crippen LogP contribution in [0.3, 0.4) is 0 Å². The van der Waals surface area contributed by atoms with Gasteiger partial charge in [-0.2, -0.15) is 0 Å². The second-order valence-corrected chi connectivity index (χ2v) is 8.95. The van der Waals surface area contributed by atoms with E-state index in [1.54, 1.807) is 19.2 Å². The number of fused-ring (bicyclic) bond motifs is 1. The Balaban J connectivity index is 1.86. The molecule has 0 aromatic heterocycles. The summed E-state index contributed by atoms with van der Waals surface area (Å²) in [7, 11) is -1.71. The van der Waals surface area contributed by atoms with Crippen LogP contribution in [-0.4, -0.2) is 27.7 Å². The molecule has 28 heavy (non-hydrogen) atoms. The Hall–Kier alpha value is -2.86. The van der Waals surface area contributed by atoms with E-state index < -0.39 is 15.8 Å². The minimum absolute atomic E-state index is 0.181. The zero-order chi connectivity index (χ0) is 20.5. The fraction of sp³-hybridized carbons (Fsp3) is 0.227. The Labute approximate surface area is 165 Å². The minimum atomic E-state index is -3.34. The van der Waals surface area contributed by atoms with E-state index in [2.05, 4.69) is 5.32 Å². The van der Waals surface area contributed by atoms with E-state index >= 15 is 0 Å². The summed E-state index contributed by atoms with van der Waals surface area (Å²) in [6.45, 7) is 3.66. The Morgan fingerprint density at radius 2 is 1.68 bits per heavy atom. The lowest BCUT2D eigenvalue weighted by atomic mass is 9.96. The van der Waals surface area contributed by atoms with Gasteiger partial charge in [0.2, 0.25) is 5.91 Å². The van der Waals surface area contributed by atoms with Gasteiger partial charge in [-0.05, 0) is 60.0 Å².